The van der Waals surface area contributed by atoms with Crippen LogP contribution in [0.3, 0.4) is 0 Å². The number of likely N-dealkylation sites (N-methyl/N-ethyl adjacent to an activating group) is 1. The molecule has 0 saturated carbocycles. The fourth-order valence-electron chi connectivity index (χ4n) is 3.47. The number of ether oxygens (including phenoxy) is 1. The lowest BCUT2D eigenvalue weighted by Crippen LogP contribution is -2.28. The molecule has 0 saturated heterocycles. The number of alkyl halides is 3. The van der Waals surface area contributed by atoms with E-state index in [2.05, 4.69) is 15.3 Å². The van der Waals surface area contributed by atoms with E-state index in [0.29, 0.717) is 47.0 Å². The molecule has 0 bridgehead atoms. The number of aromatic nitrogens is 2. The van der Waals surface area contributed by atoms with Crippen molar-refractivity contribution in [2.75, 3.05) is 31.2 Å². The average Bonchev–Trinajstić information content (AvgIpc) is 2.73. The number of rotatable bonds is 7. The molecule has 7 nitrogen and oxygen atoms in total. The molecule has 0 unspecified atom stereocenters. The molecule has 182 valence electrons. The van der Waals surface area contributed by atoms with E-state index in [1.54, 1.807) is 31.9 Å². The van der Waals surface area contributed by atoms with Gasteiger partial charge in [0.2, 0.25) is 5.91 Å². The minimum Gasteiger partial charge on any atom is -0.491 e. The number of nitrogens with one attached hydrogen (secondary N) is 1. The topological polar surface area (TPSA) is 93.4 Å². The second-order valence-corrected chi connectivity index (χ2v) is 8.30. The van der Waals surface area contributed by atoms with E-state index in [-0.39, 0.29) is 11.6 Å². The third kappa shape index (κ3) is 5.86. The summed E-state index contributed by atoms with van der Waals surface area (Å²) >= 11 is 0. The normalized spacial score (nSPS) is 12.5. The predicted molar refractivity (Wildman–Crippen MR) is 126 cm³/mol. The Balaban J connectivity index is 1.92. The number of nitrogens with two attached hydrogens (primary N) is 1. The van der Waals surface area contributed by atoms with Gasteiger partial charge in [-0.25, -0.2) is 9.97 Å². The molecule has 3 rings (SSSR count). The highest BCUT2D eigenvalue weighted by molar-refractivity contribution is 5.91. The van der Waals surface area contributed by atoms with Gasteiger partial charge in [0.15, 0.2) is 0 Å². The first-order chi connectivity index (χ1) is 15.8. The molecule has 0 aliphatic heterocycles. The van der Waals surface area contributed by atoms with Gasteiger partial charge in [-0.3, -0.25) is 4.79 Å². The highest BCUT2D eigenvalue weighted by atomic mass is 19.4. The number of aryl methyl sites for hydroxylation is 2. The number of halogens is 3. The lowest BCUT2D eigenvalue weighted by molar-refractivity contribution is -0.137. The molecule has 1 heterocycles. The quantitative estimate of drug-likeness (QED) is 0.473. The molecule has 2 aromatic carbocycles. The monoisotopic (exact) mass is 475 g/mol. The third-order valence-electron chi connectivity index (χ3n) is 5.48. The van der Waals surface area contributed by atoms with E-state index in [4.69, 9.17) is 10.5 Å². The maximum atomic E-state index is 13.2. The molecular formula is C24H28F3N5O2. The van der Waals surface area contributed by atoms with Gasteiger partial charge in [0.05, 0.1) is 23.7 Å². The number of benzene rings is 2. The minimum absolute atomic E-state index is 0.0315. The molecule has 34 heavy (non-hydrogen) atoms. The second kappa shape index (κ2) is 9.74. The highest BCUT2D eigenvalue weighted by Crippen LogP contribution is 2.34. The number of anilines is 2. The van der Waals surface area contributed by atoms with Gasteiger partial charge < -0.3 is 20.7 Å². The number of carbonyl (C=O) groups excluding carboxylic acids is 1. The van der Waals surface area contributed by atoms with Gasteiger partial charge in [0, 0.05) is 25.0 Å². The van der Waals surface area contributed by atoms with Gasteiger partial charge in [-0.15, -0.1) is 0 Å². The Morgan fingerprint density at radius 3 is 2.53 bits per heavy atom. The van der Waals surface area contributed by atoms with Gasteiger partial charge in [-0.1, -0.05) is 0 Å². The van der Waals surface area contributed by atoms with Crippen LogP contribution < -0.4 is 15.8 Å². The Hall–Kier alpha value is -3.56. The standard InChI is InChI=1S/C24H28F3N5O2/c1-13-8-21-20(12-22(13)34-7-6-32(5)16(4)33)23(31-15(3)30-21)29-14(2)17-9-18(24(25,26)27)11-19(28)10-17/h8-12,14H,6-7,28H2,1-5H3,(H,29,30,31)/t14-/m1/s1. The Bertz CT molecular complexity index is 1210. The first-order valence-electron chi connectivity index (χ1n) is 10.7. The molecule has 0 spiro atoms. The van der Waals surface area contributed by atoms with Crippen molar-refractivity contribution in [3.8, 4) is 5.75 Å². The number of amides is 1. The van der Waals surface area contributed by atoms with Crippen molar-refractivity contribution in [2.24, 2.45) is 0 Å². The molecule has 0 fully saturated rings. The molecule has 1 atom stereocenters. The summed E-state index contributed by atoms with van der Waals surface area (Å²) in [6.07, 6.45) is -4.50. The zero-order chi connectivity index (χ0) is 25.2. The summed E-state index contributed by atoms with van der Waals surface area (Å²) < 4.78 is 45.6. The largest absolute Gasteiger partial charge is 0.491 e. The number of carbonyl (C=O) groups is 1. The van der Waals surface area contributed by atoms with Crippen LogP contribution >= 0.6 is 0 Å². The number of fused-ring (bicyclic) bond motifs is 1. The van der Waals surface area contributed by atoms with Crippen molar-refractivity contribution in [1.82, 2.24) is 14.9 Å². The Morgan fingerprint density at radius 1 is 1.18 bits per heavy atom. The molecule has 1 amide bonds. The Morgan fingerprint density at radius 2 is 1.88 bits per heavy atom. The maximum absolute atomic E-state index is 13.2. The number of nitrogen functional groups attached to an aromatic ring is 1. The number of hydrogen-bond acceptors (Lipinski definition) is 6. The maximum Gasteiger partial charge on any atom is 0.416 e. The van der Waals surface area contributed by atoms with Gasteiger partial charge in [-0.2, -0.15) is 13.2 Å². The van der Waals surface area contributed by atoms with Crippen LogP contribution in [0, 0.1) is 13.8 Å². The van der Waals surface area contributed by atoms with Gasteiger partial charge in [-0.05, 0) is 62.2 Å². The van der Waals surface area contributed by atoms with E-state index >= 15 is 0 Å². The van der Waals surface area contributed by atoms with Crippen LogP contribution in [0.5, 0.6) is 5.75 Å². The molecule has 1 aromatic heterocycles. The second-order valence-electron chi connectivity index (χ2n) is 8.30. The van der Waals surface area contributed by atoms with E-state index in [1.165, 1.54) is 13.0 Å². The fourth-order valence-corrected chi connectivity index (χ4v) is 3.47. The van der Waals surface area contributed by atoms with Crippen LogP contribution in [0.15, 0.2) is 30.3 Å². The zero-order valence-electron chi connectivity index (χ0n) is 19.7. The highest BCUT2D eigenvalue weighted by Gasteiger charge is 2.31. The number of nitrogens with zero attached hydrogens (tertiary/aromatic N) is 3. The fraction of sp³-hybridized carbons (Fsp3) is 0.375. The van der Waals surface area contributed by atoms with Crippen LogP contribution in [-0.4, -0.2) is 41.0 Å². The Kier molecular flexibility index (Phi) is 7.18. The Labute approximate surface area is 196 Å². The van der Waals surface area contributed by atoms with Crippen LogP contribution in [0.4, 0.5) is 24.7 Å². The van der Waals surface area contributed by atoms with E-state index in [0.717, 1.165) is 17.7 Å². The summed E-state index contributed by atoms with van der Waals surface area (Å²) in [7, 11) is 1.69. The van der Waals surface area contributed by atoms with Crippen LogP contribution in [0.1, 0.15) is 42.4 Å². The molecular weight excluding hydrogens is 447 g/mol. The summed E-state index contributed by atoms with van der Waals surface area (Å²) in [5.41, 5.74) is 6.88. The predicted octanol–water partition coefficient (Wildman–Crippen LogP) is 4.88. The SMILES string of the molecule is CC(=O)N(C)CCOc1cc2c(N[C@H](C)c3cc(N)cc(C(F)(F)F)c3)nc(C)nc2cc1C. The number of hydrogen-bond donors (Lipinski definition) is 2. The summed E-state index contributed by atoms with van der Waals surface area (Å²) in [5, 5.41) is 3.87. The lowest BCUT2D eigenvalue weighted by Gasteiger charge is -2.20. The lowest BCUT2D eigenvalue weighted by atomic mass is 10.0. The summed E-state index contributed by atoms with van der Waals surface area (Å²) in [6, 6.07) is 6.65. The van der Waals surface area contributed by atoms with Crippen molar-refractivity contribution in [1.29, 1.82) is 0 Å². The van der Waals surface area contributed by atoms with E-state index in [9.17, 15) is 18.0 Å². The van der Waals surface area contributed by atoms with Gasteiger partial charge in [0.25, 0.3) is 0 Å². The summed E-state index contributed by atoms with van der Waals surface area (Å²) in [4.78, 5) is 21.9. The van der Waals surface area contributed by atoms with Crippen LogP contribution in [-0.2, 0) is 11.0 Å². The molecule has 3 aromatic rings. The van der Waals surface area contributed by atoms with Crippen molar-refractivity contribution in [3.05, 3.63) is 52.8 Å². The third-order valence-corrected chi connectivity index (χ3v) is 5.48. The van der Waals surface area contributed by atoms with Gasteiger partial charge in [0.1, 0.15) is 24.0 Å². The summed E-state index contributed by atoms with van der Waals surface area (Å²) in [5.74, 6) is 1.54. The zero-order valence-corrected chi connectivity index (χ0v) is 19.7. The molecule has 0 radical (unpaired) electrons. The van der Waals surface area contributed by atoms with Crippen LogP contribution in [0.2, 0.25) is 0 Å². The van der Waals surface area contributed by atoms with Crippen molar-refractivity contribution in [3.63, 3.8) is 0 Å². The minimum atomic E-state index is -4.50. The molecule has 3 N–H and O–H groups in total. The first-order valence-corrected chi connectivity index (χ1v) is 10.7. The first kappa shape index (κ1) is 25.1. The smallest absolute Gasteiger partial charge is 0.416 e. The van der Waals surface area contributed by atoms with Crippen molar-refractivity contribution in [2.45, 2.75) is 39.9 Å². The molecule has 0 aliphatic rings. The summed E-state index contributed by atoms with van der Waals surface area (Å²) in [6.45, 7) is 7.59. The van der Waals surface area contributed by atoms with Crippen LogP contribution in [0.25, 0.3) is 10.9 Å². The van der Waals surface area contributed by atoms with E-state index in [1.807, 2.05) is 13.0 Å². The average molecular weight is 476 g/mol. The molecule has 10 heteroatoms. The van der Waals surface area contributed by atoms with Crippen molar-refractivity contribution >= 4 is 28.3 Å². The van der Waals surface area contributed by atoms with Gasteiger partial charge >= 0.3 is 6.18 Å². The van der Waals surface area contributed by atoms with E-state index < -0.39 is 17.8 Å². The molecule has 0 aliphatic carbocycles. The van der Waals surface area contributed by atoms with Crippen molar-refractivity contribution < 1.29 is 22.7 Å².